The highest BCUT2D eigenvalue weighted by Crippen LogP contribution is 2.40. The maximum atomic E-state index is 13.1. The molecule has 1 aromatic rings. The Morgan fingerprint density at radius 2 is 2.08 bits per heavy atom. The minimum Gasteiger partial charge on any atom is -0.320 e. The molecule has 1 N–H and O–H groups in total. The minimum atomic E-state index is -3.38. The smallest absolute Gasteiger partial charge is 0.320 e. The maximum Gasteiger partial charge on any atom is 0.352 e. The summed E-state index contributed by atoms with van der Waals surface area (Å²) in [6, 6.07) is 4.46. The molecular weight excluding hydrogens is 291 g/mol. The number of rotatable bonds is 0. The maximum absolute atomic E-state index is 13.1. The second-order valence-corrected chi connectivity index (χ2v) is 3.96. The Hall–Kier alpha value is -0.720. The molecule has 0 bridgehead atoms. The lowest BCUT2D eigenvalue weighted by molar-refractivity contribution is -0.139. The first-order valence-electron chi connectivity index (χ1n) is 3.51. The zero-order valence-electron chi connectivity index (χ0n) is 6.27. The number of anilines is 1. The number of halogens is 3. The van der Waals surface area contributed by atoms with Gasteiger partial charge in [0.15, 0.2) is 0 Å². The summed E-state index contributed by atoms with van der Waals surface area (Å²) in [5.74, 6) is -4.62. The van der Waals surface area contributed by atoms with Gasteiger partial charge in [0.05, 0.1) is 11.3 Å². The zero-order valence-corrected chi connectivity index (χ0v) is 8.43. The van der Waals surface area contributed by atoms with Crippen LogP contribution < -0.4 is 5.32 Å². The SMILES string of the molecule is O=C1Nc2ccc(I)cc2C1(F)F. The Morgan fingerprint density at radius 3 is 2.77 bits per heavy atom. The van der Waals surface area contributed by atoms with Gasteiger partial charge in [-0.2, -0.15) is 8.78 Å². The first-order valence-corrected chi connectivity index (χ1v) is 4.59. The second kappa shape index (κ2) is 2.63. The predicted molar refractivity (Wildman–Crippen MR) is 51.7 cm³/mol. The molecular formula is C8H4F2INO. The molecule has 0 spiro atoms. The minimum absolute atomic E-state index is 0.204. The van der Waals surface area contributed by atoms with Gasteiger partial charge in [-0.1, -0.05) is 0 Å². The molecule has 1 heterocycles. The summed E-state index contributed by atoms with van der Waals surface area (Å²) in [5, 5.41) is 2.12. The predicted octanol–water partition coefficient (Wildman–Crippen LogP) is 2.34. The molecule has 0 unspecified atom stereocenters. The average molecular weight is 295 g/mol. The summed E-state index contributed by atoms with van der Waals surface area (Å²) in [7, 11) is 0. The standard InChI is InChI=1S/C8H4F2INO/c9-8(10)5-3-4(11)1-2-6(5)12-7(8)13/h1-3H,(H,12,13). The largest absolute Gasteiger partial charge is 0.352 e. The fraction of sp³-hybridized carbons (Fsp3) is 0.125. The van der Waals surface area contributed by atoms with Crippen molar-refractivity contribution in [1.29, 1.82) is 0 Å². The molecule has 0 fully saturated rings. The Kier molecular flexibility index (Phi) is 1.79. The van der Waals surface area contributed by atoms with Crippen molar-refractivity contribution in [3.05, 3.63) is 27.3 Å². The summed E-state index contributed by atoms with van der Waals surface area (Å²) >= 11 is 1.92. The van der Waals surface area contributed by atoms with Crippen LogP contribution in [0.1, 0.15) is 5.56 Å². The first-order chi connectivity index (χ1) is 6.01. The lowest BCUT2D eigenvalue weighted by Gasteiger charge is -2.05. The van der Waals surface area contributed by atoms with Gasteiger partial charge in [-0.25, -0.2) is 0 Å². The number of amides is 1. The van der Waals surface area contributed by atoms with E-state index >= 15 is 0 Å². The van der Waals surface area contributed by atoms with E-state index in [-0.39, 0.29) is 11.3 Å². The van der Waals surface area contributed by atoms with Crippen LogP contribution in [0.25, 0.3) is 0 Å². The molecule has 1 amide bonds. The van der Waals surface area contributed by atoms with Crippen LogP contribution in [0.5, 0.6) is 0 Å². The number of hydrogen-bond donors (Lipinski definition) is 1. The van der Waals surface area contributed by atoms with Crippen molar-refractivity contribution in [2.24, 2.45) is 0 Å². The van der Waals surface area contributed by atoms with E-state index in [4.69, 9.17) is 0 Å². The number of carbonyl (C=O) groups excluding carboxylic acids is 1. The third-order valence-corrected chi connectivity index (χ3v) is 2.52. The van der Waals surface area contributed by atoms with E-state index in [1.165, 1.54) is 12.1 Å². The van der Waals surface area contributed by atoms with Gasteiger partial charge in [0, 0.05) is 3.57 Å². The van der Waals surface area contributed by atoms with Crippen LogP contribution in [0.3, 0.4) is 0 Å². The van der Waals surface area contributed by atoms with Crippen molar-refractivity contribution < 1.29 is 13.6 Å². The zero-order chi connectivity index (χ0) is 9.64. The van der Waals surface area contributed by atoms with Gasteiger partial charge < -0.3 is 5.32 Å². The van der Waals surface area contributed by atoms with Crippen molar-refractivity contribution >= 4 is 34.2 Å². The van der Waals surface area contributed by atoms with Gasteiger partial charge in [-0.05, 0) is 40.8 Å². The van der Waals surface area contributed by atoms with Gasteiger partial charge >= 0.3 is 5.92 Å². The number of fused-ring (bicyclic) bond motifs is 1. The Labute approximate surface area is 86.5 Å². The molecule has 1 aliphatic heterocycles. The van der Waals surface area contributed by atoms with Crippen LogP contribution in [-0.4, -0.2) is 5.91 Å². The number of benzene rings is 1. The molecule has 0 saturated heterocycles. The highest BCUT2D eigenvalue weighted by molar-refractivity contribution is 14.1. The third kappa shape index (κ3) is 1.21. The highest BCUT2D eigenvalue weighted by atomic mass is 127. The van der Waals surface area contributed by atoms with Crippen LogP contribution in [0.4, 0.5) is 14.5 Å². The monoisotopic (exact) mass is 295 g/mol. The molecule has 2 rings (SSSR count). The molecule has 13 heavy (non-hydrogen) atoms. The molecule has 0 saturated carbocycles. The van der Waals surface area contributed by atoms with E-state index in [2.05, 4.69) is 5.32 Å². The van der Waals surface area contributed by atoms with E-state index in [1.54, 1.807) is 6.07 Å². The summed E-state index contributed by atoms with van der Waals surface area (Å²) in [6.07, 6.45) is 0. The Balaban J connectivity index is 2.64. The number of hydrogen-bond acceptors (Lipinski definition) is 1. The van der Waals surface area contributed by atoms with Crippen LogP contribution in [0.15, 0.2) is 18.2 Å². The van der Waals surface area contributed by atoms with Gasteiger partial charge in [-0.3, -0.25) is 4.79 Å². The fourth-order valence-corrected chi connectivity index (χ4v) is 1.70. The van der Waals surface area contributed by atoms with E-state index < -0.39 is 11.8 Å². The van der Waals surface area contributed by atoms with Gasteiger partial charge in [0.2, 0.25) is 0 Å². The summed E-state index contributed by atoms with van der Waals surface area (Å²) in [6.45, 7) is 0. The van der Waals surface area contributed by atoms with Crippen LogP contribution in [0, 0.1) is 3.57 Å². The summed E-state index contributed by atoms with van der Waals surface area (Å²) < 4.78 is 26.9. The molecule has 5 heteroatoms. The molecule has 68 valence electrons. The second-order valence-electron chi connectivity index (χ2n) is 2.72. The summed E-state index contributed by atoms with van der Waals surface area (Å²) in [4.78, 5) is 10.8. The molecule has 2 nitrogen and oxygen atoms in total. The van der Waals surface area contributed by atoms with Crippen molar-refractivity contribution in [2.75, 3.05) is 5.32 Å². The van der Waals surface area contributed by atoms with Crippen molar-refractivity contribution in [3.63, 3.8) is 0 Å². The lowest BCUT2D eigenvalue weighted by atomic mass is 10.1. The van der Waals surface area contributed by atoms with Crippen LogP contribution in [0.2, 0.25) is 0 Å². The van der Waals surface area contributed by atoms with Gasteiger partial charge in [0.25, 0.3) is 5.91 Å². The van der Waals surface area contributed by atoms with E-state index in [9.17, 15) is 13.6 Å². The van der Waals surface area contributed by atoms with Crippen LogP contribution >= 0.6 is 22.6 Å². The quantitative estimate of drug-likeness (QED) is 0.731. The first kappa shape index (κ1) is 8.86. The van der Waals surface area contributed by atoms with Gasteiger partial charge in [-0.15, -0.1) is 0 Å². The molecule has 1 aromatic carbocycles. The number of carbonyl (C=O) groups is 1. The van der Waals surface area contributed by atoms with E-state index in [0.717, 1.165) is 0 Å². The number of alkyl halides is 2. The van der Waals surface area contributed by atoms with Gasteiger partial charge in [0.1, 0.15) is 0 Å². The summed E-state index contributed by atoms with van der Waals surface area (Å²) in [5.41, 5.74) is -0.0279. The fourth-order valence-electron chi connectivity index (χ4n) is 1.21. The van der Waals surface area contributed by atoms with Crippen LogP contribution in [-0.2, 0) is 10.7 Å². The number of nitrogens with one attached hydrogen (secondary N) is 1. The molecule has 0 aromatic heterocycles. The molecule has 0 radical (unpaired) electrons. The van der Waals surface area contributed by atoms with E-state index in [0.29, 0.717) is 3.57 Å². The van der Waals surface area contributed by atoms with Crippen molar-refractivity contribution in [1.82, 2.24) is 0 Å². The van der Waals surface area contributed by atoms with Crippen molar-refractivity contribution in [2.45, 2.75) is 5.92 Å². The van der Waals surface area contributed by atoms with E-state index in [1.807, 2.05) is 22.6 Å². The topological polar surface area (TPSA) is 29.1 Å². The van der Waals surface area contributed by atoms with Crippen molar-refractivity contribution in [3.8, 4) is 0 Å². The molecule has 1 aliphatic rings. The third-order valence-electron chi connectivity index (χ3n) is 1.85. The average Bonchev–Trinajstić information content (AvgIpc) is 2.27. The Morgan fingerprint density at radius 1 is 1.38 bits per heavy atom. The normalized spacial score (nSPS) is 18.2. The molecule has 0 aliphatic carbocycles. The Bertz CT molecular complexity index is 392. The highest BCUT2D eigenvalue weighted by Gasteiger charge is 2.48. The molecule has 0 atom stereocenters. The lowest BCUT2D eigenvalue weighted by Crippen LogP contribution is -2.23.